The molecule has 11 heteroatoms. The van der Waals surface area contributed by atoms with E-state index >= 15 is 0 Å². The van der Waals surface area contributed by atoms with Crippen molar-refractivity contribution in [2.45, 2.75) is 31.6 Å². The lowest BCUT2D eigenvalue weighted by Crippen LogP contribution is -2.44. The minimum Gasteiger partial charge on any atom is -0.355 e. The number of sulfonamides is 1. The summed E-state index contributed by atoms with van der Waals surface area (Å²) in [4.78, 5) is 22.5. The second-order valence-electron chi connectivity index (χ2n) is 6.53. The van der Waals surface area contributed by atoms with Gasteiger partial charge in [-0.3, -0.25) is 14.9 Å². The second-order valence-corrected chi connectivity index (χ2v) is 8.44. The number of carbonyl (C=O) groups excluding carboxylic acids is 1. The number of amides is 1. The van der Waals surface area contributed by atoms with Crippen molar-refractivity contribution in [3.63, 3.8) is 0 Å². The smallest absolute Gasteiger partial charge is 0.270 e. The summed E-state index contributed by atoms with van der Waals surface area (Å²) < 4.78 is 27.1. The van der Waals surface area contributed by atoms with Crippen LogP contribution in [0.4, 0.5) is 5.69 Å². The van der Waals surface area contributed by atoms with Gasteiger partial charge in [0.15, 0.2) is 0 Å². The highest BCUT2D eigenvalue weighted by molar-refractivity contribution is 7.89. The van der Waals surface area contributed by atoms with Gasteiger partial charge in [0.25, 0.3) is 5.69 Å². The van der Waals surface area contributed by atoms with Crippen molar-refractivity contribution in [2.24, 2.45) is 5.92 Å². The number of hydrogen-bond acceptors (Lipinski definition) is 6. The van der Waals surface area contributed by atoms with Crippen LogP contribution in [0.25, 0.3) is 0 Å². The highest BCUT2D eigenvalue weighted by Gasteiger charge is 2.33. The number of nitrogens with zero attached hydrogens (tertiary/aromatic N) is 2. The molecule has 1 fully saturated rings. The Kier molecular flexibility index (Phi) is 9.28. The summed E-state index contributed by atoms with van der Waals surface area (Å²) in [5.74, 6) is -0.277. The van der Waals surface area contributed by atoms with Gasteiger partial charge in [-0.15, -0.1) is 12.4 Å². The van der Waals surface area contributed by atoms with Crippen molar-refractivity contribution >= 4 is 34.0 Å². The normalized spacial score (nSPS) is 15.6. The predicted octanol–water partition coefficient (Wildman–Crippen LogP) is 1.45. The van der Waals surface area contributed by atoms with E-state index in [0.717, 1.165) is 12.6 Å². The fourth-order valence-corrected chi connectivity index (χ4v) is 4.79. The van der Waals surface area contributed by atoms with E-state index in [4.69, 9.17) is 0 Å². The van der Waals surface area contributed by atoms with Crippen molar-refractivity contribution in [1.82, 2.24) is 14.9 Å². The van der Waals surface area contributed by atoms with Crippen LogP contribution in [0.15, 0.2) is 23.1 Å². The Bertz CT molecular complexity index is 795. The second kappa shape index (κ2) is 10.7. The maximum Gasteiger partial charge on any atom is 0.270 e. The number of hydrogen-bond donors (Lipinski definition) is 2. The lowest BCUT2D eigenvalue weighted by molar-refractivity contribution is -0.385. The summed E-state index contributed by atoms with van der Waals surface area (Å²) in [6, 6.07) is 3.83. The Balaban J connectivity index is 0.00000392. The summed E-state index contributed by atoms with van der Waals surface area (Å²) >= 11 is 0. The molecule has 0 saturated carbocycles. The molecule has 1 aliphatic heterocycles. The summed E-state index contributed by atoms with van der Waals surface area (Å²) in [5.41, 5.74) is 0.206. The molecule has 2 N–H and O–H groups in total. The van der Waals surface area contributed by atoms with E-state index in [1.54, 1.807) is 6.92 Å². The molecule has 0 aromatic heterocycles. The molecule has 0 bridgehead atoms. The molecule has 9 nitrogen and oxygen atoms in total. The molecule has 0 spiro atoms. The third kappa shape index (κ3) is 5.87. The first-order valence-corrected chi connectivity index (χ1v) is 10.4. The molecule has 0 unspecified atom stereocenters. The van der Waals surface area contributed by atoms with E-state index in [1.165, 1.54) is 16.4 Å². The number of carbonyl (C=O) groups is 1. The SMILES string of the molecule is CCNCCNC(=O)C1CCN(S(=O)(=O)c2cc([N+](=O)[O-])ccc2C)CC1.Cl. The minimum atomic E-state index is -3.83. The first-order chi connectivity index (χ1) is 12.8. The zero-order valence-corrected chi connectivity index (χ0v) is 17.6. The molecule has 1 aliphatic rings. The maximum absolute atomic E-state index is 12.9. The third-order valence-electron chi connectivity index (χ3n) is 4.68. The molecule has 2 rings (SSSR count). The van der Waals surface area contributed by atoms with Gasteiger partial charge < -0.3 is 10.6 Å². The van der Waals surface area contributed by atoms with E-state index in [0.29, 0.717) is 31.5 Å². The molecule has 1 heterocycles. The van der Waals surface area contributed by atoms with E-state index in [1.807, 2.05) is 6.92 Å². The third-order valence-corrected chi connectivity index (χ3v) is 6.72. The number of nitrogens with one attached hydrogen (secondary N) is 2. The van der Waals surface area contributed by atoms with Crippen LogP contribution in [-0.4, -0.2) is 56.3 Å². The number of benzene rings is 1. The van der Waals surface area contributed by atoms with Crippen LogP contribution in [0.1, 0.15) is 25.3 Å². The molecule has 1 amide bonds. The molecule has 1 aromatic carbocycles. The molecule has 0 aliphatic carbocycles. The maximum atomic E-state index is 12.9. The number of likely N-dealkylation sites (N-methyl/N-ethyl adjacent to an activating group) is 1. The number of nitro benzene ring substituents is 1. The Morgan fingerprint density at radius 2 is 1.93 bits per heavy atom. The molecule has 1 aromatic rings. The summed E-state index contributed by atoms with van der Waals surface area (Å²) in [5, 5.41) is 16.9. The molecule has 1 saturated heterocycles. The van der Waals surface area contributed by atoms with Crippen molar-refractivity contribution < 1.29 is 18.1 Å². The lowest BCUT2D eigenvalue weighted by Gasteiger charge is -2.30. The number of non-ortho nitro benzene ring substituents is 1. The zero-order chi connectivity index (χ0) is 20.0. The number of halogens is 1. The number of piperidine rings is 1. The quantitative estimate of drug-likeness (QED) is 0.363. The Hall–Kier alpha value is -1.75. The highest BCUT2D eigenvalue weighted by atomic mass is 35.5. The average Bonchev–Trinajstić information content (AvgIpc) is 2.65. The van der Waals surface area contributed by atoms with Crippen molar-refractivity contribution in [3.8, 4) is 0 Å². The topological polar surface area (TPSA) is 122 Å². The Labute approximate surface area is 171 Å². The Morgan fingerprint density at radius 3 is 2.50 bits per heavy atom. The first-order valence-electron chi connectivity index (χ1n) is 9.01. The van der Waals surface area contributed by atoms with Crippen molar-refractivity contribution in [3.05, 3.63) is 33.9 Å². The van der Waals surface area contributed by atoms with E-state index < -0.39 is 14.9 Å². The van der Waals surface area contributed by atoms with Crippen molar-refractivity contribution in [1.29, 1.82) is 0 Å². The molecule has 28 heavy (non-hydrogen) atoms. The molecule has 158 valence electrons. The predicted molar refractivity (Wildman–Crippen MR) is 108 cm³/mol. The number of aryl methyl sites for hydroxylation is 1. The first kappa shape index (κ1) is 24.3. The summed E-state index contributed by atoms with van der Waals surface area (Å²) in [7, 11) is -3.83. The van der Waals surface area contributed by atoms with Crippen LogP contribution in [0.3, 0.4) is 0 Å². The van der Waals surface area contributed by atoms with E-state index in [-0.39, 0.29) is 47.9 Å². The molecular formula is C17H27ClN4O5S. The largest absolute Gasteiger partial charge is 0.355 e. The van der Waals surface area contributed by atoms with Crippen LogP contribution < -0.4 is 10.6 Å². The molecule has 0 atom stereocenters. The minimum absolute atomic E-state index is 0. The van der Waals surface area contributed by atoms with Crippen molar-refractivity contribution in [2.75, 3.05) is 32.7 Å². The van der Waals surface area contributed by atoms with Gasteiger partial charge in [-0.2, -0.15) is 4.31 Å². The number of rotatable bonds is 8. The highest BCUT2D eigenvalue weighted by Crippen LogP contribution is 2.28. The summed E-state index contributed by atoms with van der Waals surface area (Å²) in [6.07, 6.45) is 0.862. The van der Waals surface area contributed by atoms with Gasteiger partial charge in [0.1, 0.15) is 0 Å². The molecule has 0 radical (unpaired) electrons. The van der Waals surface area contributed by atoms with E-state index in [2.05, 4.69) is 10.6 Å². The fraction of sp³-hybridized carbons (Fsp3) is 0.588. The van der Waals surface area contributed by atoms with Gasteiger partial charge in [-0.05, 0) is 31.9 Å². The van der Waals surface area contributed by atoms with Crippen LogP contribution in [0.2, 0.25) is 0 Å². The van der Waals surface area contributed by atoms with Crippen LogP contribution in [0, 0.1) is 23.0 Å². The van der Waals surface area contributed by atoms with Gasteiger partial charge in [0.2, 0.25) is 15.9 Å². The zero-order valence-electron chi connectivity index (χ0n) is 16.0. The van der Waals surface area contributed by atoms with Gasteiger partial charge >= 0.3 is 0 Å². The standard InChI is InChI=1S/C17H26N4O5S.ClH/c1-3-18-8-9-19-17(22)14-6-10-20(11-7-14)27(25,26)16-12-15(21(23)24)5-4-13(16)2;/h4-5,12,14,18H,3,6-11H2,1-2H3,(H,19,22);1H. The lowest BCUT2D eigenvalue weighted by atomic mass is 9.97. The van der Waals surface area contributed by atoms with Crippen LogP contribution >= 0.6 is 12.4 Å². The van der Waals surface area contributed by atoms with Crippen LogP contribution in [-0.2, 0) is 14.8 Å². The Morgan fingerprint density at radius 1 is 1.29 bits per heavy atom. The fourth-order valence-electron chi connectivity index (χ4n) is 3.07. The van der Waals surface area contributed by atoms with E-state index in [9.17, 15) is 23.3 Å². The van der Waals surface area contributed by atoms with Gasteiger partial charge in [0, 0.05) is 44.2 Å². The van der Waals surface area contributed by atoms with Gasteiger partial charge in [-0.1, -0.05) is 13.0 Å². The van der Waals surface area contributed by atoms with Crippen LogP contribution in [0.5, 0.6) is 0 Å². The molecular weight excluding hydrogens is 408 g/mol. The monoisotopic (exact) mass is 434 g/mol. The van der Waals surface area contributed by atoms with Gasteiger partial charge in [0.05, 0.1) is 9.82 Å². The summed E-state index contributed by atoms with van der Waals surface area (Å²) in [6.45, 7) is 6.11. The average molecular weight is 435 g/mol. The van der Waals surface area contributed by atoms with Gasteiger partial charge in [-0.25, -0.2) is 8.42 Å². The number of nitro groups is 1.